The molecule has 0 heterocycles. The van der Waals surface area contributed by atoms with Crippen molar-refractivity contribution in [2.75, 3.05) is 0 Å². The van der Waals surface area contributed by atoms with Gasteiger partial charge in [0.25, 0.3) is 0 Å². The van der Waals surface area contributed by atoms with Gasteiger partial charge in [0.1, 0.15) is 0 Å². The van der Waals surface area contributed by atoms with Crippen molar-refractivity contribution >= 4 is 23.2 Å². The highest BCUT2D eigenvalue weighted by molar-refractivity contribution is 6.35. The van der Waals surface area contributed by atoms with Crippen molar-refractivity contribution < 1.29 is 9.59 Å². The van der Waals surface area contributed by atoms with Crippen LogP contribution in [0, 0.1) is 27.7 Å². The molecule has 2 N–H and O–H groups in total. The monoisotopic (exact) mass is 378 g/mol. The number of hydrogen-bond acceptors (Lipinski definition) is 4. The summed E-state index contributed by atoms with van der Waals surface area (Å²) in [5, 5.41) is 8.00. The second-order valence-corrected chi connectivity index (χ2v) is 6.87. The Labute approximate surface area is 165 Å². The quantitative estimate of drug-likeness (QED) is 0.486. The summed E-state index contributed by atoms with van der Waals surface area (Å²) >= 11 is 0. The smallest absolute Gasteiger partial charge is 0.262 e. The molecule has 0 radical (unpaired) electrons. The van der Waals surface area contributed by atoms with Crippen molar-refractivity contribution in [3.05, 3.63) is 69.8 Å². The Morgan fingerprint density at radius 1 is 0.643 bits per heavy atom. The van der Waals surface area contributed by atoms with Gasteiger partial charge in [-0.2, -0.15) is 10.2 Å². The number of carbonyl (C=O) groups excluding carboxylic acids is 2. The maximum absolute atomic E-state index is 11.9. The van der Waals surface area contributed by atoms with Gasteiger partial charge in [0.2, 0.25) is 0 Å². The van der Waals surface area contributed by atoms with Crippen LogP contribution < -0.4 is 10.9 Å². The highest BCUT2D eigenvalue weighted by atomic mass is 16.2. The minimum absolute atomic E-state index is 0.610. The average Bonchev–Trinajstić information content (AvgIpc) is 2.67. The molecule has 0 aliphatic rings. The van der Waals surface area contributed by atoms with Crippen molar-refractivity contribution in [3.63, 3.8) is 0 Å². The molecule has 2 aromatic carbocycles. The van der Waals surface area contributed by atoms with Crippen LogP contribution >= 0.6 is 0 Å². The molecule has 2 amide bonds. The Morgan fingerprint density at radius 2 is 1.00 bits per heavy atom. The topological polar surface area (TPSA) is 82.9 Å². The second kappa shape index (κ2) is 9.08. The van der Waals surface area contributed by atoms with Gasteiger partial charge in [0.15, 0.2) is 0 Å². The van der Waals surface area contributed by atoms with E-state index < -0.39 is 11.8 Å². The van der Waals surface area contributed by atoms with E-state index in [1.54, 1.807) is 13.8 Å². The molecule has 0 unspecified atom stereocenters. The van der Waals surface area contributed by atoms with Crippen LogP contribution in [0.4, 0.5) is 0 Å². The molecular formula is C22H26N4O2. The third-order valence-electron chi connectivity index (χ3n) is 4.71. The Morgan fingerprint density at radius 3 is 1.32 bits per heavy atom. The Hall–Kier alpha value is -3.28. The zero-order chi connectivity index (χ0) is 20.8. The number of hydrogen-bond donors (Lipinski definition) is 2. The molecule has 0 aliphatic carbocycles. The lowest BCUT2D eigenvalue weighted by molar-refractivity contribution is -0.139. The minimum atomic E-state index is -0.875. The maximum Gasteiger partial charge on any atom is 0.331 e. The molecule has 146 valence electrons. The number of amides is 2. The molecule has 0 fully saturated rings. The van der Waals surface area contributed by atoms with Gasteiger partial charge in [-0.3, -0.25) is 9.59 Å². The molecular weight excluding hydrogens is 352 g/mol. The Balaban J connectivity index is 1.99. The fourth-order valence-electron chi connectivity index (χ4n) is 2.43. The van der Waals surface area contributed by atoms with E-state index in [4.69, 9.17) is 0 Å². The molecule has 6 nitrogen and oxygen atoms in total. The number of nitrogens with one attached hydrogen (secondary N) is 2. The summed E-state index contributed by atoms with van der Waals surface area (Å²) in [6.45, 7) is 11.6. The van der Waals surface area contributed by atoms with Gasteiger partial charge in [0, 0.05) is 0 Å². The third-order valence-corrected chi connectivity index (χ3v) is 4.71. The summed E-state index contributed by atoms with van der Waals surface area (Å²) in [5.41, 5.74) is 12.1. The summed E-state index contributed by atoms with van der Waals surface area (Å²) in [7, 11) is 0. The molecule has 2 aromatic rings. The highest BCUT2D eigenvalue weighted by Crippen LogP contribution is 2.11. The molecule has 0 aliphatic heterocycles. The van der Waals surface area contributed by atoms with Crippen LogP contribution in [0.25, 0.3) is 0 Å². The van der Waals surface area contributed by atoms with Gasteiger partial charge in [-0.1, -0.05) is 24.3 Å². The van der Waals surface area contributed by atoms with Crippen molar-refractivity contribution in [2.45, 2.75) is 41.5 Å². The number of nitrogens with zero attached hydrogens (tertiary/aromatic N) is 2. The van der Waals surface area contributed by atoms with Crippen LogP contribution in [0.1, 0.15) is 47.2 Å². The van der Waals surface area contributed by atoms with E-state index >= 15 is 0 Å². The molecule has 0 saturated heterocycles. The van der Waals surface area contributed by atoms with Gasteiger partial charge in [-0.25, -0.2) is 10.9 Å². The van der Waals surface area contributed by atoms with Crippen LogP contribution in [0.3, 0.4) is 0 Å². The van der Waals surface area contributed by atoms with E-state index in [2.05, 4.69) is 21.1 Å². The fraction of sp³-hybridized carbons (Fsp3) is 0.273. The largest absolute Gasteiger partial charge is 0.331 e. The lowest BCUT2D eigenvalue weighted by atomic mass is 10.0. The fourth-order valence-corrected chi connectivity index (χ4v) is 2.43. The lowest BCUT2D eigenvalue weighted by Crippen LogP contribution is -2.36. The van der Waals surface area contributed by atoms with Gasteiger partial charge in [-0.15, -0.1) is 0 Å². The normalized spacial score (nSPS) is 11.9. The van der Waals surface area contributed by atoms with Crippen LogP contribution in [-0.4, -0.2) is 23.2 Å². The molecule has 0 spiro atoms. The molecule has 0 saturated carbocycles. The summed E-state index contributed by atoms with van der Waals surface area (Å²) in [4.78, 5) is 23.9. The van der Waals surface area contributed by atoms with Gasteiger partial charge in [0.05, 0.1) is 11.4 Å². The number of carbonyl (C=O) groups is 2. The van der Waals surface area contributed by atoms with E-state index in [0.29, 0.717) is 11.4 Å². The average molecular weight is 378 g/mol. The van der Waals surface area contributed by atoms with Crippen LogP contribution in [0.5, 0.6) is 0 Å². The maximum atomic E-state index is 11.9. The first-order valence-corrected chi connectivity index (χ1v) is 9.03. The van der Waals surface area contributed by atoms with E-state index in [1.165, 1.54) is 11.1 Å². The highest BCUT2D eigenvalue weighted by Gasteiger charge is 2.13. The predicted molar refractivity (Wildman–Crippen MR) is 113 cm³/mol. The van der Waals surface area contributed by atoms with Gasteiger partial charge >= 0.3 is 11.8 Å². The van der Waals surface area contributed by atoms with Crippen molar-refractivity contribution in [3.8, 4) is 0 Å². The Bertz CT molecular complexity index is 895. The van der Waals surface area contributed by atoms with E-state index in [1.807, 2.05) is 64.1 Å². The minimum Gasteiger partial charge on any atom is -0.262 e. The number of rotatable bonds is 4. The van der Waals surface area contributed by atoms with Crippen LogP contribution in [0.15, 0.2) is 46.6 Å². The summed E-state index contributed by atoms with van der Waals surface area (Å²) < 4.78 is 0. The first kappa shape index (κ1) is 21.0. The van der Waals surface area contributed by atoms with Crippen molar-refractivity contribution in [1.29, 1.82) is 0 Å². The first-order valence-electron chi connectivity index (χ1n) is 9.03. The molecule has 0 aromatic heterocycles. The lowest BCUT2D eigenvalue weighted by Gasteiger charge is -2.06. The molecule has 0 bridgehead atoms. The first-order chi connectivity index (χ1) is 13.2. The SMILES string of the molecule is C/C(=N/NC(=O)C(=O)N/N=C(/C)c1ccc(C)c(C)c1)c1ccc(C)c(C)c1. The van der Waals surface area contributed by atoms with E-state index in [0.717, 1.165) is 22.3 Å². The Kier molecular flexibility index (Phi) is 6.82. The van der Waals surface area contributed by atoms with Gasteiger partial charge < -0.3 is 0 Å². The second-order valence-electron chi connectivity index (χ2n) is 6.87. The zero-order valence-electron chi connectivity index (χ0n) is 17.2. The number of benzene rings is 2. The zero-order valence-corrected chi connectivity index (χ0v) is 17.2. The van der Waals surface area contributed by atoms with Crippen molar-refractivity contribution in [1.82, 2.24) is 10.9 Å². The van der Waals surface area contributed by atoms with E-state index in [9.17, 15) is 9.59 Å². The molecule has 0 atom stereocenters. The standard InChI is InChI=1S/C22H26N4O2/c1-13-7-9-19(11-15(13)3)17(5)23-25-21(27)22(28)26-24-18(6)20-10-8-14(2)16(4)12-20/h7-12H,1-6H3,(H,25,27)(H,26,28)/b23-17-,24-18-. The summed E-state index contributed by atoms with van der Waals surface area (Å²) in [6, 6.07) is 11.8. The predicted octanol–water partition coefficient (Wildman–Crippen LogP) is 3.30. The van der Waals surface area contributed by atoms with Crippen LogP contribution in [-0.2, 0) is 9.59 Å². The molecule has 6 heteroatoms. The number of hydrazone groups is 2. The van der Waals surface area contributed by atoms with Gasteiger partial charge in [-0.05, 0) is 87.1 Å². The van der Waals surface area contributed by atoms with Crippen molar-refractivity contribution in [2.24, 2.45) is 10.2 Å². The third kappa shape index (κ3) is 5.36. The molecule has 28 heavy (non-hydrogen) atoms. The van der Waals surface area contributed by atoms with Crippen LogP contribution in [0.2, 0.25) is 0 Å². The van der Waals surface area contributed by atoms with E-state index in [-0.39, 0.29) is 0 Å². The molecule has 2 rings (SSSR count). The number of aryl methyl sites for hydroxylation is 4. The summed E-state index contributed by atoms with van der Waals surface area (Å²) in [6.07, 6.45) is 0. The summed E-state index contributed by atoms with van der Waals surface area (Å²) in [5.74, 6) is -1.75.